The van der Waals surface area contributed by atoms with Crippen LogP contribution in [0.15, 0.2) is 6.07 Å². The van der Waals surface area contributed by atoms with Crippen LogP contribution >= 0.6 is 0 Å². The van der Waals surface area contributed by atoms with Gasteiger partial charge in [0.2, 0.25) is 5.91 Å². The van der Waals surface area contributed by atoms with Crippen LogP contribution in [0.25, 0.3) is 0 Å². The maximum absolute atomic E-state index is 11.9. The molecule has 1 saturated carbocycles. The number of carbonyl (C=O) groups excluding carboxylic acids is 1. The number of hydrogen-bond donors (Lipinski definition) is 3. The Morgan fingerprint density at radius 2 is 2.10 bits per heavy atom. The van der Waals surface area contributed by atoms with Gasteiger partial charge in [-0.1, -0.05) is 6.92 Å². The number of hydrogen-bond acceptors (Lipinski definition) is 5. The molecule has 2 heterocycles. The maximum Gasteiger partial charge on any atom is 0.242 e. The van der Waals surface area contributed by atoms with Crippen LogP contribution in [0.2, 0.25) is 0 Å². The summed E-state index contributed by atoms with van der Waals surface area (Å²) < 4.78 is 0. The van der Waals surface area contributed by atoms with E-state index in [1.54, 1.807) is 0 Å². The molecule has 1 atom stereocenters. The number of amides is 1. The molecular weight excluding hydrogens is 266 g/mol. The molecule has 114 valence electrons. The lowest BCUT2D eigenvalue weighted by molar-refractivity contribution is -0.123. The van der Waals surface area contributed by atoms with Gasteiger partial charge in [-0.2, -0.15) is 0 Å². The molecule has 1 aromatic heterocycles. The Balaban J connectivity index is 1.75. The van der Waals surface area contributed by atoms with Crippen molar-refractivity contribution in [1.29, 1.82) is 0 Å². The molecule has 21 heavy (non-hydrogen) atoms. The highest BCUT2D eigenvalue weighted by Crippen LogP contribution is 2.38. The first-order valence-electron chi connectivity index (χ1n) is 7.93. The van der Waals surface area contributed by atoms with E-state index >= 15 is 0 Å². The van der Waals surface area contributed by atoms with E-state index in [0.717, 1.165) is 49.8 Å². The summed E-state index contributed by atoms with van der Waals surface area (Å²) in [6, 6.07) is 1.73. The molecule has 3 rings (SSSR count). The minimum atomic E-state index is -0.181. The third kappa shape index (κ3) is 3.62. The number of piperidine rings is 1. The van der Waals surface area contributed by atoms with E-state index in [4.69, 9.17) is 0 Å². The Hall–Kier alpha value is -1.85. The third-order valence-corrected chi connectivity index (χ3v) is 3.85. The Kier molecular flexibility index (Phi) is 4.22. The Morgan fingerprint density at radius 1 is 1.29 bits per heavy atom. The standard InChI is InChI=1S/C15H23N5O/c1-2-7-16-12-9-13(20-14(19-12)10-5-6-10)18-11-4-3-8-17-15(11)21/h9-11H,2-8H2,1H3,(H,17,21)(H2,16,18,19,20). The molecule has 0 radical (unpaired) electrons. The van der Waals surface area contributed by atoms with Gasteiger partial charge in [0.15, 0.2) is 0 Å². The normalized spacial score (nSPS) is 21.8. The molecule has 1 aliphatic carbocycles. The number of rotatable bonds is 6. The van der Waals surface area contributed by atoms with Gasteiger partial charge in [-0.05, 0) is 32.1 Å². The summed E-state index contributed by atoms with van der Waals surface area (Å²) in [4.78, 5) is 21.0. The number of anilines is 2. The Morgan fingerprint density at radius 3 is 2.81 bits per heavy atom. The summed E-state index contributed by atoms with van der Waals surface area (Å²) in [5.41, 5.74) is 0. The first kappa shape index (κ1) is 14.1. The van der Waals surface area contributed by atoms with Gasteiger partial charge in [0.1, 0.15) is 23.5 Å². The molecule has 2 fully saturated rings. The van der Waals surface area contributed by atoms with E-state index < -0.39 is 0 Å². The van der Waals surface area contributed by atoms with Crippen molar-refractivity contribution in [2.24, 2.45) is 0 Å². The van der Waals surface area contributed by atoms with Crippen molar-refractivity contribution < 1.29 is 4.79 Å². The van der Waals surface area contributed by atoms with Crippen LogP contribution in [0.5, 0.6) is 0 Å². The van der Waals surface area contributed by atoms with E-state index in [9.17, 15) is 4.79 Å². The van der Waals surface area contributed by atoms with E-state index in [0.29, 0.717) is 5.92 Å². The summed E-state index contributed by atoms with van der Waals surface area (Å²) >= 11 is 0. The second-order valence-corrected chi connectivity index (χ2v) is 5.83. The van der Waals surface area contributed by atoms with Crippen LogP contribution in [0.4, 0.5) is 11.6 Å². The highest BCUT2D eigenvalue weighted by atomic mass is 16.2. The summed E-state index contributed by atoms with van der Waals surface area (Å²) in [6.45, 7) is 3.80. The van der Waals surface area contributed by atoms with Crippen molar-refractivity contribution in [3.05, 3.63) is 11.9 Å². The predicted molar refractivity (Wildman–Crippen MR) is 82.4 cm³/mol. The average molecular weight is 289 g/mol. The summed E-state index contributed by atoms with van der Waals surface area (Å²) in [5, 5.41) is 9.47. The number of nitrogens with zero attached hydrogens (tertiary/aromatic N) is 2. The lowest BCUT2D eigenvalue weighted by atomic mass is 10.1. The van der Waals surface area contributed by atoms with Gasteiger partial charge in [-0.25, -0.2) is 9.97 Å². The van der Waals surface area contributed by atoms with Crippen molar-refractivity contribution in [2.75, 3.05) is 23.7 Å². The van der Waals surface area contributed by atoms with Crippen molar-refractivity contribution in [3.8, 4) is 0 Å². The molecule has 0 aromatic carbocycles. The molecule has 3 N–H and O–H groups in total. The summed E-state index contributed by atoms with van der Waals surface area (Å²) in [7, 11) is 0. The van der Waals surface area contributed by atoms with Crippen molar-refractivity contribution in [3.63, 3.8) is 0 Å². The quantitative estimate of drug-likeness (QED) is 0.745. The van der Waals surface area contributed by atoms with Crippen molar-refractivity contribution in [1.82, 2.24) is 15.3 Å². The Labute approximate surface area is 125 Å². The van der Waals surface area contributed by atoms with Crippen LogP contribution < -0.4 is 16.0 Å². The van der Waals surface area contributed by atoms with Gasteiger partial charge in [-0.3, -0.25) is 4.79 Å². The maximum atomic E-state index is 11.9. The second kappa shape index (κ2) is 6.28. The van der Waals surface area contributed by atoms with E-state index in [1.165, 1.54) is 12.8 Å². The monoisotopic (exact) mass is 289 g/mol. The molecule has 1 aliphatic heterocycles. The minimum Gasteiger partial charge on any atom is -0.370 e. The predicted octanol–water partition coefficient (Wildman–Crippen LogP) is 1.87. The number of carbonyl (C=O) groups is 1. The number of aromatic nitrogens is 2. The van der Waals surface area contributed by atoms with Crippen LogP contribution in [0.3, 0.4) is 0 Å². The highest BCUT2D eigenvalue weighted by molar-refractivity contribution is 5.85. The van der Waals surface area contributed by atoms with Crippen molar-refractivity contribution >= 4 is 17.5 Å². The third-order valence-electron chi connectivity index (χ3n) is 3.85. The van der Waals surface area contributed by atoms with Crippen LogP contribution in [0, 0.1) is 0 Å². The zero-order valence-electron chi connectivity index (χ0n) is 12.5. The fourth-order valence-corrected chi connectivity index (χ4v) is 2.50. The average Bonchev–Trinajstić information content (AvgIpc) is 3.32. The highest BCUT2D eigenvalue weighted by Gasteiger charge is 2.28. The van der Waals surface area contributed by atoms with Gasteiger partial charge in [0.25, 0.3) is 0 Å². The molecule has 1 saturated heterocycles. The smallest absolute Gasteiger partial charge is 0.242 e. The molecule has 1 aromatic rings. The fraction of sp³-hybridized carbons (Fsp3) is 0.667. The minimum absolute atomic E-state index is 0.0656. The molecule has 1 amide bonds. The van der Waals surface area contributed by atoms with E-state index in [2.05, 4.69) is 32.8 Å². The molecule has 6 heteroatoms. The van der Waals surface area contributed by atoms with Gasteiger partial charge in [-0.15, -0.1) is 0 Å². The molecule has 1 unspecified atom stereocenters. The lowest BCUT2D eigenvalue weighted by Crippen LogP contribution is -2.44. The zero-order chi connectivity index (χ0) is 14.7. The largest absolute Gasteiger partial charge is 0.370 e. The first-order valence-corrected chi connectivity index (χ1v) is 7.93. The topological polar surface area (TPSA) is 78.9 Å². The van der Waals surface area contributed by atoms with Gasteiger partial charge in [0, 0.05) is 25.1 Å². The summed E-state index contributed by atoms with van der Waals surface area (Å²) in [6.07, 6.45) is 5.25. The molecule has 2 aliphatic rings. The number of nitrogens with one attached hydrogen (secondary N) is 3. The molecule has 6 nitrogen and oxygen atoms in total. The van der Waals surface area contributed by atoms with Crippen LogP contribution in [0.1, 0.15) is 50.8 Å². The van der Waals surface area contributed by atoms with Gasteiger partial charge < -0.3 is 16.0 Å². The molecular formula is C15H23N5O. The van der Waals surface area contributed by atoms with E-state index in [1.807, 2.05) is 6.07 Å². The fourth-order valence-electron chi connectivity index (χ4n) is 2.50. The SMILES string of the molecule is CCCNc1cc(NC2CCCNC2=O)nc(C2CC2)n1. The Bertz CT molecular complexity index is 515. The second-order valence-electron chi connectivity index (χ2n) is 5.83. The zero-order valence-corrected chi connectivity index (χ0v) is 12.5. The first-order chi connectivity index (χ1) is 10.3. The van der Waals surface area contributed by atoms with E-state index in [-0.39, 0.29) is 11.9 Å². The van der Waals surface area contributed by atoms with Crippen LogP contribution in [-0.4, -0.2) is 35.0 Å². The summed E-state index contributed by atoms with van der Waals surface area (Å²) in [5.74, 6) is 3.07. The van der Waals surface area contributed by atoms with Gasteiger partial charge in [0.05, 0.1) is 0 Å². The van der Waals surface area contributed by atoms with Gasteiger partial charge >= 0.3 is 0 Å². The molecule has 0 spiro atoms. The lowest BCUT2D eigenvalue weighted by Gasteiger charge is -2.23. The molecule has 0 bridgehead atoms. The van der Waals surface area contributed by atoms with Crippen LogP contribution in [-0.2, 0) is 4.79 Å². The van der Waals surface area contributed by atoms with Crippen molar-refractivity contribution in [2.45, 2.75) is 51.0 Å².